The Kier molecular flexibility index (Phi) is 3.88. The predicted molar refractivity (Wildman–Crippen MR) is 114 cm³/mol. The molecule has 5 rings (SSSR count). The van der Waals surface area contributed by atoms with Gasteiger partial charge in [-0.15, -0.1) is 0 Å². The summed E-state index contributed by atoms with van der Waals surface area (Å²) in [6.45, 7) is 4.18. The van der Waals surface area contributed by atoms with E-state index in [0.717, 1.165) is 33.8 Å². The number of halogens is 1. The zero-order chi connectivity index (χ0) is 19.3. The maximum atomic E-state index is 6.52. The summed E-state index contributed by atoms with van der Waals surface area (Å²) in [5.41, 5.74) is 7.20. The van der Waals surface area contributed by atoms with Crippen molar-refractivity contribution in [3.05, 3.63) is 82.9 Å². The van der Waals surface area contributed by atoms with Crippen LogP contribution in [0, 0.1) is 13.8 Å². The summed E-state index contributed by atoms with van der Waals surface area (Å²) in [5.74, 6) is 0.737. The van der Waals surface area contributed by atoms with Gasteiger partial charge in [0.05, 0.1) is 16.1 Å². The molecular formula is C23H17ClN4. The molecular weight excluding hydrogens is 368 g/mol. The number of rotatable bonds is 2. The Morgan fingerprint density at radius 2 is 1.39 bits per heavy atom. The van der Waals surface area contributed by atoms with Crippen molar-refractivity contribution in [1.29, 1.82) is 0 Å². The number of hydrogen-bond donors (Lipinski definition) is 0. The number of aryl methyl sites for hydroxylation is 2. The van der Waals surface area contributed by atoms with E-state index in [0.29, 0.717) is 10.7 Å². The summed E-state index contributed by atoms with van der Waals surface area (Å²) in [5, 5.41) is 0.646. The second-order valence-corrected chi connectivity index (χ2v) is 7.36. The second kappa shape index (κ2) is 6.43. The number of fused-ring (bicyclic) bond motifs is 2. The standard InChI is InChI=1S/C23H17ClN4/c1-14-11-15(2)13-16(12-14)28-22(17-7-3-4-8-18(17)24)27-21-23(28)26-20-10-6-5-9-19(20)25-21/h3-13H,1-2H3. The summed E-state index contributed by atoms with van der Waals surface area (Å²) in [4.78, 5) is 14.5. The van der Waals surface area contributed by atoms with Gasteiger partial charge in [0.25, 0.3) is 0 Å². The van der Waals surface area contributed by atoms with Crippen LogP contribution in [0.2, 0.25) is 5.02 Å². The van der Waals surface area contributed by atoms with Gasteiger partial charge < -0.3 is 0 Å². The molecule has 0 aliphatic heterocycles. The first-order chi connectivity index (χ1) is 13.6. The second-order valence-electron chi connectivity index (χ2n) is 6.96. The number of benzene rings is 3. The number of aromatic nitrogens is 4. The summed E-state index contributed by atoms with van der Waals surface area (Å²) in [7, 11) is 0. The van der Waals surface area contributed by atoms with Crippen molar-refractivity contribution in [2.24, 2.45) is 0 Å². The molecule has 28 heavy (non-hydrogen) atoms. The van der Waals surface area contributed by atoms with E-state index < -0.39 is 0 Å². The first-order valence-corrected chi connectivity index (χ1v) is 9.47. The number of nitrogens with zero attached hydrogens (tertiary/aromatic N) is 4. The Balaban J connectivity index is 1.92. The molecule has 0 spiro atoms. The minimum atomic E-state index is 0.604. The zero-order valence-electron chi connectivity index (χ0n) is 15.5. The summed E-state index contributed by atoms with van der Waals surface area (Å²) < 4.78 is 2.05. The van der Waals surface area contributed by atoms with Crippen LogP contribution in [0.5, 0.6) is 0 Å². The lowest BCUT2D eigenvalue weighted by molar-refractivity contribution is 1.07. The summed E-state index contributed by atoms with van der Waals surface area (Å²) in [6.07, 6.45) is 0. The van der Waals surface area contributed by atoms with Gasteiger partial charge in [0.15, 0.2) is 11.3 Å². The van der Waals surface area contributed by atoms with Gasteiger partial charge in [-0.2, -0.15) is 0 Å². The van der Waals surface area contributed by atoms with E-state index in [1.165, 1.54) is 11.1 Å². The lowest BCUT2D eigenvalue weighted by atomic mass is 10.1. The van der Waals surface area contributed by atoms with Crippen LogP contribution < -0.4 is 0 Å². The molecule has 2 heterocycles. The maximum absolute atomic E-state index is 6.52. The fraction of sp³-hybridized carbons (Fsp3) is 0.0870. The van der Waals surface area contributed by atoms with Crippen LogP contribution in [0.4, 0.5) is 0 Å². The molecule has 0 radical (unpaired) electrons. The lowest BCUT2D eigenvalue weighted by Crippen LogP contribution is -2.00. The molecule has 136 valence electrons. The Morgan fingerprint density at radius 3 is 2.11 bits per heavy atom. The van der Waals surface area contributed by atoms with Crippen molar-refractivity contribution in [2.75, 3.05) is 0 Å². The average molecular weight is 385 g/mol. The molecule has 2 aromatic heterocycles. The molecule has 0 aliphatic rings. The maximum Gasteiger partial charge on any atom is 0.199 e. The molecule has 0 N–H and O–H groups in total. The highest BCUT2D eigenvalue weighted by atomic mass is 35.5. The van der Waals surface area contributed by atoms with Crippen LogP contribution in [-0.4, -0.2) is 19.5 Å². The molecule has 0 saturated heterocycles. The Bertz CT molecular complexity index is 1330. The molecule has 3 aromatic carbocycles. The summed E-state index contributed by atoms with van der Waals surface area (Å²) in [6, 6.07) is 22.0. The van der Waals surface area contributed by atoms with Crippen LogP contribution in [0.15, 0.2) is 66.7 Å². The number of para-hydroxylation sites is 2. The molecule has 0 aliphatic carbocycles. The predicted octanol–water partition coefficient (Wildman–Crippen LogP) is 5.91. The average Bonchev–Trinajstić information content (AvgIpc) is 3.03. The molecule has 4 nitrogen and oxygen atoms in total. The minimum absolute atomic E-state index is 0.604. The van der Waals surface area contributed by atoms with Gasteiger partial charge in [-0.1, -0.05) is 41.9 Å². The van der Waals surface area contributed by atoms with Crippen molar-refractivity contribution in [3.63, 3.8) is 0 Å². The Hall–Kier alpha value is -3.24. The lowest BCUT2D eigenvalue weighted by Gasteiger charge is -2.12. The topological polar surface area (TPSA) is 43.6 Å². The van der Waals surface area contributed by atoms with Gasteiger partial charge in [-0.3, -0.25) is 4.57 Å². The SMILES string of the molecule is Cc1cc(C)cc(-n2c(-c3ccccc3Cl)nc3nc4ccccc4nc32)c1. The van der Waals surface area contributed by atoms with Crippen LogP contribution in [0.25, 0.3) is 39.4 Å². The van der Waals surface area contributed by atoms with Crippen LogP contribution in [0.3, 0.4) is 0 Å². The minimum Gasteiger partial charge on any atom is -0.275 e. The highest BCUT2D eigenvalue weighted by Crippen LogP contribution is 2.32. The molecule has 0 unspecified atom stereocenters. The fourth-order valence-corrected chi connectivity index (χ4v) is 3.82. The van der Waals surface area contributed by atoms with E-state index in [-0.39, 0.29) is 0 Å². The van der Waals surface area contributed by atoms with Crippen LogP contribution in [-0.2, 0) is 0 Å². The molecule has 0 amide bonds. The van der Waals surface area contributed by atoms with Gasteiger partial charge in [-0.05, 0) is 61.4 Å². The third-order valence-corrected chi connectivity index (χ3v) is 5.08. The van der Waals surface area contributed by atoms with E-state index in [1.54, 1.807) is 0 Å². The molecule has 0 saturated carbocycles. The molecule has 0 fully saturated rings. The smallest absolute Gasteiger partial charge is 0.199 e. The highest BCUT2D eigenvalue weighted by Gasteiger charge is 2.19. The fourth-order valence-electron chi connectivity index (χ4n) is 3.60. The molecule has 5 heteroatoms. The third-order valence-electron chi connectivity index (χ3n) is 4.75. The van der Waals surface area contributed by atoms with Gasteiger partial charge in [-0.25, -0.2) is 15.0 Å². The third kappa shape index (κ3) is 2.74. The van der Waals surface area contributed by atoms with E-state index >= 15 is 0 Å². The zero-order valence-corrected chi connectivity index (χ0v) is 16.3. The van der Waals surface area contributed by atoms with E-state index in [4.69, 9.17) is 26.6 Å². The largest absolute Gasteiger partial charge is 0.275 e. The molecule has 0 bridgehead atoms. The van der Waals surface area contributed by atoms with E-state index in [1.807, 2.05) is 48.5 Å². The van der Waals surface area contributed by atoms with Gasteiger partial charge in [0, 0.05) is 11.3 Å². The molecule has 5 aromatic rings. The van der Waals surface area contributed by atoms with Gasteiger partial charge in [0.1, 0.15) is 5.82 Å². The van der Waals surface area contributed by atoms with Crippen molar-refractivity contribution in [2.45, 2.75) is 13.8 Å². The highest BCUT2D eigenvalue weighted by molar-refractivity contribution is 6.33. The first kappa shape index (κ1) is 16.9. The first-order valence-electron chi connectivity index (χ1n) is 9.09. The van der Waals surface area contributed by atoms with Gasteiger partial charge >= 0.3 is 0 Å². The molecule has 0 atom stereocenters. The normalized spacial score (nSPS) is 11.4. The number of imidazole rings is 1. The Morgan fingerprint density at radius 1 is 0.750 bits per heavy atom. The summed E-state index contributed by atoms with van der Waals surface area (Å²) >= 11 is 6.52. The quantitative estimate of drug-likeness (QED) is 0.380. The van der Waals surface area contributed by atoms with Gasteiger partial charge in [0.2, 0.25) is 0 Å². The monoisotopic (exact) mass is 384 g/mol. The van der Waals surface area contributed by atoms with Crippen LogP contribution >= 0.6 is 11.6 Å². The number of hydrogen-bond acceptors (Lipinski definition) is 3. The Labute approximate surface area is 167 Å². The van der Waals surface area contributed by atoms with Crippen molar-refractivity contribution >= 4 is 33.9 Å². The van der Waals surface area contributed by atoms with Crippen molar-refractivity contribution in [1.82, 2.24) is 19.5 Å². The van der Waals surface area contributed by atoms with E-state index in [2.05, 4.69) is 36.6 Å². The van der Waals surface area contributed by atoms with Crippen molar-refractivity contribution in [3.8, 4) is 17.1 Å². The van der Waals surface area contributed by atoms with Crippen molar-refractivity contribution < 1.29 is 0 Å². The van der Waals surface area contributed by atoms with Crippen LogP contribution in [0.1, 0.15) is 11.1 Å². The van der Waals surface area contributed by atoms with E-state index in [9.17, 15) is 0 Å².